The van der Waals surface area contributed by atoms with E-state index in [2.05, 4.69) is 15.4 Å². The minimum atomic E-state index is -0.0708. The third-order valence-electron chi connectivity index (χ3n) is 2.34. The second-order valence-corrected chi connectivity index (χ2v) is 3.69. The third kappa shape index (κ3) is 2.67. The zero-order valence-corrected chi connectivity index (χ0v) is 9.42. The Kier molecular flexibility index (Phi) is 3.15. The first kappa shape index (κ1) is 11.3. The highest BCUT2D eigenvalue weighted by Crippen LogP contribution is 2.04. The smallest absolute Gasteiger partial charge is 0.253 e. The fourth-order valence-corrected chi connectivity index (χ4v) is 1.44. The number of nitrogens with zero attached hydrogens (tertiary/aromatic N) is 3. The zero-order chi connectivity index (χ0) is 12.3. The molecule has 0 saturated carbocycles. The molecule has 0 bridgehead atoms. The predicted octanol–water partition coefficient (Wildman–Crippen LogP) is 0.281. The van der Waals surface area contributed by atoms with Gasteiger partial charge >= 0.3 is 0 Å². The highest BCUT2D eigenvalue weighted by molar-refractivity contribution is 5.33. The summed E-state index contributed by atoms with van der Waals surface area (Å²) in [5.41, 5.74) is 4.00. The SMILES string of the molecule is Cc1cc(=O)n(Cc2ccc(NN)nc2)cn1. The standard InChI is InChI=1S/C11H13N5O/c1-8-4-11(17)16(7-14-8)6-9-2-3-10(15-12)13-5-9/h2-5,7H,6,12H2,1H3,(H,13,15). The van der Waals surface area contributed by atoms with Crippen LogP contribution in [0, 0.1) is 6.92 Å². The van der Waals surface area contributed by atoms with E-state index >= 15 is 0 Å². The first-order valence-electron chi connectivity index (χ1n) is 5.13. The maximum Gasteiger partial charge on any atom is 0.253 e. The summed E-state index contributed by atoms with van der Waals surface area (Å²) in [6, 6.07) is 5.11. The van der Waals surface area contributed by atoms with E-state index in [0.717, 1.165) is 5.56 Å². The zero-order valence-electron chi connectivity index (χ0n) is 9.42. The molecule has 0 unspecified atom stereocenters. The third-order valence-corrected chi connectivity index (χ3v) is 2.34. The summed E-state index contributed by atoms with van der Waals surface area (Å²) < 4.78 is 1.53. The van der Waals surface area contributed by atoms with Crippen LogP contribution in [-0.2, 0) is 6.54 Å². The van der Waals surface area contributed by atoms with E-state index in [0.29, 0.717) is 18.1 Å². The normalized spacial score (nSPS) is 10.2. The molecule has 6 heteroatoms. The molecule has 2 heterocycles. The molecular formula is C11H13N5O. The Morgan fingerprint density at radius 1 is 1.41 bits per heavy atom. The van der Waals surface area contributed by atoms with Crippen LogP contribution in [0.25, 0.3) is 0 Å². The average Bonchev–Trinajstić information content (AvgIpc) is 2.34. The van der Waals surface area contributed by atoms with Crippen molar-refractivity contribution in [3.05, 3.63) is 52.3 Å². The molecule has 2 aromatic rings. The van der Waals surface area contributed by atoms with Crippen molar-refractivity contribution in [2.45, 2.75) is 13.5 Å². The summed E-state index contributed by atoms with van der Waals surface area (Å²) in [5.74, 6) is 5.80. The molecule has 2 aromatic heterocycles. The van der Waals surface area contributed by atoms with E-state index in [9.17, 15) is 4.79 Å². The van der Waals surface area contributed by atoms with Crippen molar-refractivity contribution in [1.82, 2.24) is 14.5 Å². The molecule has 0 aliphatic rings. The van der Waals surface area contributed by atoms with Crippen LogP contribution in [0.4, 0.5) is 5.82 Å². The average molecular weight is 231 g/mol. The number of nitrogens with one attached hydrogen (secondary N) is 1. The lowest BCUT2D eigenvalue weighted by Gasteiger charge is -2.05. The van der Waals surface area contributed by atoms with Crippen LogP contribution in [0.1, 0.15) is 11.3 Å². The van der Waals surface area contributed by atoms with E-state index in [4.69, 9.17) is 5.84 Å². The van der Waals surface area contributed by atoms with Gasteiger partial charge in [-0.2, -0.15) is 0 Å². The molecule has 6 nitrogen and oxygen atoms in total. The van der Waals surface area contributed by atoms with E-state index in [1.54, 1.807) is 19.2 Å². The van der Waals surface area contributed by atoms with Gasteiger partial charge in [0.15, 0.2) is 0 Å². The number of anilines is 1. The first-order chi connectivity index (χ1) is 8.19. The molecule has 0 atom stereocenters. The fraction of sp³-hybridized carbons (Fsp3) is 0.182. The molecule has 0 aliphatic carbocycles. The van der Waals surface area contributed by atoms with Crippen molar-refractivity contribution in [3.63, 3.8) is 0 Å². The quantitative estimate of drug-likeness (QED) is 0.585. The lowest BCUT2D eigenvalue weighted by atomic mass is 10.3. The molecule has 3 N–H and O–H groups in total. The number of hydrogen-bond acceptors (Lipinski definition) is 5. The van der Waals surface area contributed by atoms with Crippen LogP contribution in [-0.4, -0.2) is 14.5 Å². The van der Waals surface area contributed by atoms with E-state index in [1.165, 1.54) is 17.0 Å². The number of rotatable bonds is 3. The van der Waals surface area contributed by atoms with E-state index in [1.807, 2.05) is 6.07 Å². The molecule has 88 valence electrons. The van der Waals surface area contributed by atoms with Gasteiger partial charge in [-0.3, -0.25) is 9.36 Å². The summed E-state index contributed by atoms with van der Waals surface area (Å²) in [4.78, 5) is 19.8. The highest BCUT2D eigenvalue weighted by atomic mass is 16.1. The summed E-state index contributed by atoms with van der Waals surface area (Å²) in [7, 11) is 0. The number of hydrazine groups is 1. The van der Waals surface area contributed by atoms with Crippen molar-refractivity contribution >= 4 is 5.82 Å². The van der Waals surface area contributed by atoms with Crippen LogP contribution in [0.3, 0.4) is 0 Å². The number of aryl methyl sites for hydroxylation is 1. The Bertz CT molecular complexity index is 561. The van der Waals surface area contributed by atoms with Crippen molar-refractivity contribution in [2.75, 3.05) is 5.43 Å². The van der Waals surface area contributed by atoms with Crippen molar-refractivity contribution in [1.29, 1.82) is 0 Å². The minimum absolute atomic E-state index is 0.0708. The van der Waals surface area contributed by atoms with Crippen molar-refractivity contribution in [2.24, 2.45) is 5.84 Å². The largest absolute Gasteiger partial charge is 0.308 e. The number of nitrogens with two attached hydrogens (primary N) is 1. The summed E-state index contributed by atoms with van der Waals surface area (Å²) in [6.45, 7) is 2.24. The number of aromatic nitrogens is 3. The van der Waals surface area contributed by atoms with Crippen LogP contribution in [0.5, 0.6) is 0 Å². The van der Waals surface area contributed by atoms with Crippen LogP contribution in [0.2, 0.25) is 0 Å². The highest BCUT2D eigenvalue weighted by Gasteiger charge is 1.99. The topological polar surface area (TPSA) is 85.8 Å². The van der Waals surface area contributed by atoms with Gasteiger partial charge in [-0.1, -0.05) is 6.07 Å². The molecule has 0 spiro atoms. The van der Waals surface area contributed by atoms with Gasteiger partial charge < -0.3 is 5.43 Å². The lowest BCUT2D eigenvalue weighted by Crippen LogP contribution is -2.20. The van der Waals surface area contributed by atoms with Gasteiger partial charge in [0.2, 0.25) is 0 Å². The molecule has 0 saturated heterocycles. The van der Waals surface area contributed by atoms with E-state index < -0.39 is 0 Å². The fourth-order valence-electron chi connectivity index (χ4n) is 1.44. The molecule has 17 heavy (non-hydrogen) atoms. The van der Waals surface area contributed by atoms with E-state index in [-0.39, 0.29) is 5.56 Å². The molecule has 0 aromatic carbocycles. The molecule has 0 amide bonds. The first-order valence-corrected chi connectivity index (χ1v) is 5.13. The summed E-state index contributed by atoms with van der Waals surface area (Å²) in [5, 5.41) is 0. The van der Waals surface area contributed by atoms with Gasteiger partial charge in [0, 0.05) is 18.0 Å². The maximum atomic E-state index is 11.6. The van der Waals surface area contributed by atoms with Gasteiger partial charge in [-0.05, 0) is 18.6 Å². The minimum Gasteiger partial charge on any atom is -0.308 e. The summed E-state index contributed by atoms with van der Waals surface area (Å²) in [6.07, 6.45) is 3.20. The molecule has 2 rings (SSSR count). The Hall–Kier alpha value is -2.21. The van der Waals surface area contributed by atoms with Gasteiger partial charge in [-0.15, -0.1) is 0 Å². The van der Waals surface area contributed by atoms with Gasteiger partial charge in [-0.25, -0.2) is 15.8 Å². The second kappa shape index (κ2) is 4.75. The Labute approximate surface area is 98.1 Å². The summed E-state index contributed by atoms with van der Waals surface area (Å²) >= 11 is 0. The molecule has 0 aliphatic heterocycles. The molecular weight excluding hydrogens is 218 g/mol. The van der Waals surface area contributed by atoms with Crippen LogP contribution < -0.4 is 16.8 Å². The maximum absolute atomic E-state index is 11.6. The Morgan fingerprint density at radius 3 is 2.82 bits per heavy atom. The Morgan fingerprint density at radius 2 is 2.24 bits per heavy atom. The Balaban J connectivity index is 2.22. The van der Waals surface area contributed by atoms with Gasteiger partial charge in [0.1, 0.15) is 5.82 Å². The molecule has 0 radical (unpaired) electrons. The van der Waals surface area contributed by atoms with Gasteiger partial charge in [0.05, 0.1) is 12.9 Å². The number of hydrogen-bond donors (Lipinski definition) is 2. The molecule has 0 fully saturated rings. The van der Waals surface area contributed by atoms with Crippen molar-refractivity contribution in [3.8, 4) is 0 Å². The van der Waals surface area contributed by atoms with Crippen molar-refractivity contribution < 1.29 is 0 Å². The lowest BCUT2D eigenvalue weighted by molar-refractivity contribution is 0.728. The number of nitrogen functional groups attached to an aromatic ring is 1. The second-order valence-electron chi connectivity index (χ2n) is 3.69. The number of pyridine rings is 1. The van der Waals surface area contributed by atoms with Gasteiger partial charge in [0.25, 0.3) is 5.56 Å². The monoisotopic (exact) mass is 231 g/mol. The predicted molar refractivity (Wildman–Crippen MR) is 64.4 cm³/mol. The van der Waals surface area contributed by atoms with Crippen LogP contribution >= 0.6 is 0 Å². The van der Waals surface area contributed by atoms with Crippen LogP contribution in [0.15, 0.2) is 35.5 Å².